The van der Waals surface area contributed by atoms with Gasteiger partial charge in [0, 0.05) is 31.9 Å². The van der Waals surface area contributed by atoms with Gasteiger partial charge in [-0.2, -0.15) is 0 Å². The average molecular weight is 257 g/mol. The summed E-state index contributed by atoms with van der Waals surface area (Å²) in [7, 11) is 2.05. The minimum atomic E-state index is 0.438. The Bertz CT molecular complexity index is 516. The smallest absolute Gasteiger partial charge is 0.109 e. The fourth-order valence-electron chi connectivity index (χ4n) is 2.44. The standard InChI is InChI=1S/C16H23N3/c1-4-17-15(12-16-18-8-9-19(16)3)11-14-7-5-6-13(2)10-14/h5-10,15,17H,4,11-12H2,1-3H3. The third-order valence-corrected chi connectivity index (χ3v) is 3.41. The average Bonchev–Trinajstić information content (AvgIpc) is 2.75. The van der Waals surface area contributed by atoms with E-state index in [9.17, 15) is 0 Å². The van der Waals surface area contributed by atoms with Crippen LogP contribution in [0.5, 0.6) is 0 Å². The molecule has 2 aromatic rings. The van der Waals surface area contributed by atoms with Crippen molar-refractivity contribution in [2.24, 2.45) is 7.05 Å². The number of hydrogen-bond donors (Lipinski definition) is 1. The van der Waals surface area contributed by atoms with Crippen molar-refractivity contribution < 1.29 is 0 Å². The highest BCUT2D eigenvalue weighted by Gasteiger charge is 2.12. The highest BCUT2D eigenvalue weighted by molar-refractivity contribution is 5.23. The highest BCUT2D eigenvalue weighted by Crippen LogP contribution is 2.10. The molecule has 0 aliphatic carbocycles. The number of aromatic nitrogens is 2. The fourth-order valence-corrected chi connectivity index (χ4v) is 2.44. The number of nitrogens with zero attached hydrogens (tertiary/aromatic N) is 2. The summed E-state index contributed by atoms with van der Waals surface area (Å²) in [5.74, 6) is 1.14. The maximum Gasteiger partial charge on any atom is 0.109 e. The number of imidazole rings is 1. The monoisotopic (exact) mass is 257 g/mol. The summed E-state index contributed by atoms with van der Waals surface area (Å²) in [5, 5.41) is 3.56. The van der Waals surface area contributed by atoms with E-state index < -0.39 is 0 Å². The minimum Gasteiger partial charge on any atom is -0.338 e. The van der Waals surface area contributed by atoms with Gasteiger partial charge in [-0.3, -0.25) is 0 Å². The molecule has 1 aromatic heterocycles. The Balaban J connectivity index is 2.06. The first-order chi connectivity index (χ1) is 9.19. The molecule has 1 unspecified atom stereocenters. The Morgan fingerprint density at radius 3 is 2.79 bits per heavy atom. The molecule has 0 amide bonds. The molecule has 1 heterocycles. The van der Waals surface area contributed by atoms with E-state index in [-0.39, 0.29) is 0 Å². The molecule has 0 fully saturated rings. The molecule has 1 atom stereocenters. The van der Waals surface area contributed by atoms with Crippen LogP contribution in [0.1, 0.15) is 23.9 Å². The quantitative estimate of drug-likeness (QED) is 0.861. The Morgan fingerprint density at radius 1 is 1.32 bits per heavy atom. The molecule has 19 heavy (non-hydrogen) atoms. The summed E-state index contributed by atoms with van der Waals surface area (Å²) in [6.45, 7) is 5.28. The predicted octanol–water partition coefficient (Wildman–Crippen LogP) is 2.49. The van der Waals surface area contributed by atoms with Crippen molar-refractivity contribution in [3.05, 3.63) is 53.6 Å². The number of likely N-dealkylation sites (N-methyl/N-ethyl adjacent to an activating group) is 1. The van der Waals surface area contributed by atoms with E-state index in [1.54, 1.807) is 0 Å². The predicted molar refractivity (Wildman–Crippen MR) is 79.3 cm³/mol. The lowest BCUT2D eigenvalue weighted by atomic mass is 10.0. The van der Waals surface area contributed by atoms with Crippen molar-refractivity contribution >= 4 is 0 Å². The zero-order valence-corrected chi connectivity index (χ0v) is 12.1. The first-order valence-electron chi connectivity index (χ1n) is 6.94. The lowest BCUT2D eigenvalue weighted by Crippen LogP contribution is -2.33. The van der Waals surface area contributed by atoms with E-state index in [4.69, 9.17) is 0 Å². The second kappa shape index (κ2) is 6.53. The van der Waals surface area contributed by atoms with Crippen molar-refractivity contribution in [1.82, 2.24) is 14.9 Å². The fraction of sp³-hybridized carbons (Fsp3) is 0.438. The Kier molecular flexibility index (Phi) is 4.74. The van der Waals surface area contributed by atoms with E-state index >= 15 is 0 Å². The number of benzene rings is 1. The molecule has 0 saturated carbocycles. The molecular weight excluding hydrogens is 234 g/mol. The molecule has 0 spiro atoms. The van der Waals surface area contributed by atoms with Crippen LogP contribution >= 0.6 is 0 Å². The topological polar surface area (TPSA) is 29.9 Å². The van der Waals surface area contributed by atoms with Gasteiger partial charge in [0.25, 0.3) is 0 Å². The lowest BCUT2D eigenvalue weighted by molar-refractivity contribution is 0.504. The van der Waals surface area contributed by atoms with Gasteiger partial charge in [-0.25, -0.2) is 4.98 Å². The molecule has 3 nitrogen and oxygen atoms in total. The largest absolute Gasteiger partial charge is 0.338 e. The van der Waals surface area contributed by atoms with E-state index in [0.717, 1.165) is 25.2 Å². The van der Waals surface area contributed by atoms with Crippen LogP contribution in [0.15, 0.2) is 36.7 Å². The summed E-state index contributed by atoms with van der Waals surface area (Å²) in [6.07, 6.45) is 5.88. The summed E-state index contributed by atoms with van der Waals surface area (Å²) in [6, 6.07) is 9.19. The van der Waals surface area contributed by atoms with Crippen LogP contribution in [0.2, 0.25) is 0 Å². The van der Waals surface area contributed by atoms with Crippen LogP contribution in [0, 0.1) is 6.92 Å². The van der Waals surface area contributed by atoms with Gasteiger partial charge in [0.05, 0.1) is 0 Å². The SMILES string of the molecule is CCNC(Cc1cccc(C)c1)Cc1nccn1C. The summed E-state index contributed by atoms with van der Waals surface area (Å²) in [4.78, 5) is 4.42. The molecule has 0 aliphatic rings. The van der Waals surface area contributed by atoms with E-state index in [2.05, 4.69) is 60.0 Å². The molecule has 0 aliphatic heterocycles. The minimum absolute atomic E-state index is 0.438. The van der Waals surface area contributed by atoms with Gasteiger partial charge < -0.3 is 9.88 Å². The molecule has 3 heteroatoms. The maximum atomic E-state index is 4.42. The Morgan fingerprint density at radius 2 is 2.16 bits per heavy atom. The van der Waals surface area contributed by atoms with Crippen molar-refractivity contribution in [2.45, 2.75) is 32.7 Å². The molecular formula is C16H23N3. The number of nitrogens with one attached hydrogen (secondary N) is 1. The number of hydrogen-bond acceptors (Lipinski definition) is 2. The van der Waals surface area contributed by atoms with Crippen LogP contribution in [-0.4, -0.2) is 22.1 Å². The molecule has 2 rings (SSSR count). The van der Waals surface area contributed by atoms with Crippen LogP contribution in [0.25, 0.3) is 0 Å². The lowest BCUT2D eigenvalue weighted by Gasteiger charge is -2.18. The third kappa shape index (κ3) is 3.93. The van der Waals surface area contributed by atoms with Gasteiger partial charge in [0.15, 0.2) is 0 Å². The summed E-state index contributed by atoms with van der Waals surface area (Å²) < 4.78 is 2.10. The molecule has 0 saturated heterocycles. The first kappa shape index (κ1) is 13.8. The van der Waals surface area contributed by atoms with Crippen molar-refractivity contribution in [1.29, 1.82) is 0 Å². The van der Waals surface area contributed by atoms with Crippen LogP contribution < -0.4 is 5.32 Å². The van der Waals surface area contributed by atoms with Crippen LogP contribution in [-0.2, 0) is 19.9 Å². The highest BCUT2D eigenvalue weighted by atomic mass is 15.0. The van der Waals surface area contributed by atoms with E-state index in [0.29, 0.717) is 6.04 Å². The first-order valence-corrected chi connectivity index (χ1v) is 6.94. The maximum absolute atomic E-state index is 4.42. The van der Waals surface area contributed by atoms with Gasteiger partial charge in [-0.15, -0.1) is 0 Å². The normalized spacial score (nSPS) is 12.6. The van der Waals surface area contributed by atoms with Crippen molar-refractivity contribution in [2.75, 3.05) is 6.54 Å². The summed E-state index contributed by atoms with van der Waals surface area (Å²) in [5.41, 5.74) is 2.71. The van der Waals surface area contributed by atoms with Gasteiger partial charge in [0.1, 0.15) is 5.82 Å². The number of rotatable bonds is 6. The van der Waals surface area contributed by atoms with Crippen molar-refractivity contribution in [3.63, 3.8) is 0 Å². The Labute approximate surface area is 115 Å². The Hall–Kier alpha value is -1.61. The van der Waals surface area contributed by atoms with Gasteiger partial charge in [-0.1, -0.05) is 36.8 Å². The second-order valence-corrected chi connectivity index (χ2v) is 5.11. The number of aryl methyl sites for hydroxylation is 2. The zero-order chi connectivity index (χ0) is 13.7. The summed E-state index contributed by atoms with van der Waals surface area (Å²) >= 11 is 0. The molecule has 0 radical (unpaired) electrons. The van der Waals surface area contributed by atoms with E-state index in [1.165, 1.54) is 11.1 Å². The van der Waals surface area contributed by atoms with Crippen LogP contribution in [0.3, 0.4) is 0 Å². The molecule has 0 bridgehead atoms. The molecule has 1 aromatic carbocycles. The third-order valence-electron chi connectivity index (χ3n) is 3.41. The van der Waals surface area contributed by atoms with Gasteiger partial charge in [0.2, 0.25) is 0 Å². The van der Waals surface area contributed by atoms with Gasteiger partial charge in [-0.05, 0) is 25.5 Å². The van der Waals surface area contributed by atoms with E-state index in [1.807, 2.05) is 12.4 Å². The molecule has 1 N–H and O–H groups in total. The zero-order valence-electron chi connectivity index (χ0n) is 12.1. The van der Waals surface area contributed by atoms with Crippen molar-refractivity contribution in [3.8, 4) is 0 Å². The second-order valence-electron chi connectivity index (χ2n) is 5.11. The van der Waals surface area contributed by atoms with Crippen LogP contribution in [0.4, 0.5) is 0 Å². The van der Waals surface area contributed by atoms with Gasteiger partial charge >= 0.3 is 0 Å². The molecule has 102 valence electrons.